The molecule has 27 heavy (non-hydrogen) atoms. The van der Waals surface area contributed by atoms with Crippen LogP contribution in [0.4, 0.5) is 0 Å². The number of hydrogen-bond donors (Lipinski definition) is 3. The van der Waals surface area contributed by atoms with Gasteiger partial charge in [-0.15, -0.1) is 4.91 Å². The van der Waals surface area contributed by atoms with E-state index in [4.69, 9.17) is 0 Å². The van der Waals surface area contributed by atoms with Crippen LogP contribution in [-0.2, 0) is 4.79 Å². The molecule has 0 unspecified atom stereocenters. The first-order valence-electron chi connectivity index (χ1n) is 7.32. The Bertz CT molecular complexity index is 927. The van der Waals surface area contributed by atoms with Crippen molar-refractivity contribution in [2.45, 2.75) is 0 Å². The largest absolute Gasteiger partial charge is 0.506 e. The third kappa shape index (κ3) is 6.12. The van der Waals surface area contributed by atoms with E-state index in [9.17, 15) is 19.6 Å². The number of nitrogens with zero attached hydrogens (tertiary/aromatic N) is 2. The van der Waals surface area contributed by atoms with E-state index in [1.807, 2.05) is 0 Å². The third-order valence-electron chi connectivity index (χ3n) is 3.18. The Morgan fingerprint density at radius 3 is 2.44 bits per heavy atom. The monoisotopic (exact) mass is 494 g/mol. The number of nitroso groups, excluding NO2 is 1. The van der Waals surface area contributed by atoms with Gasteiger partial charge in [-0.05, 0) is 51.8 Å². The van der Waals surface area contributed by atoms with Crippen molar-refractivity contribution in [2.75, 3.05) is 0 Å². The number of halogens is 2. The lowest BCUT2D eigenvalue weighted by molar-refractivity contribution is -0.116. The van der Waals surface area contributed by atoms with Gasteiger partial charge in [0.2, 0.25) is 0 Å². The lowest BCUT2D eigenvalue weighted by Crippen LogP contribution is -2.17. The minimum Gasteiger partial charge on any atom is -0.506 e. The molecule has 2 amide bonds. The van der Waals surface area contributed by atoms with E-state index in [-0.39, 0.29) is 5.75 Å². The van der Waals surface area contributed by atoms with E-state index in [0.29, 0.717) is 21.2 Å². The standard InChI is InChI=1S/C17H12Br2N4O4/c18-13-7-12(16(25)14(19)8-13)9-20-22-17(26)11-4-1-10(2-5-11)3-6-15(24)21-23-27/h1-9,25H,(H,22,26)(H,21,24,27)/b6-3+,20-9+. The van der Waals surface area contributed by atoms with Crippen molar-refractivity contribution in [1.29, 1.82) is 0 Å². The fourth-order valence-corrected chi connectivity index (χ4v) is 3.17. The minimum absolute atomic E-state index is 0.00107. The lowest BCUT2D eigenvalue weighted by atomic mass is 10.1. The zero-order valence-electron chi connectivity index (χ0n) is 13.5. The number of carbonyl (C=O) groups excluding carboxylic acids is 2. The van der Waals surface area contributed by atoms with Crippen molar-refractivity contribution in [2.24, 2.45) is 10.4 Å². The molecular formula is C17H12Br2N4O4. The van der Waals surface area contributed by atoms with Crippen molar-refractivity contribution < 1.29 is 14.7 Å². The van der Waals surface area contributed by atoms with Gasteiger partial charge in [-0.25, -0.2) is 10.9 Å². The summed E-state index contributed by atoms with van der Waals surface area (Å²) in [5.74, 6) is -1.09. The van der Waals surface area contributed by atoms with Crippen molar-refractivity contribution in [3.63, 3.8) is 0 Å². The Kier molecular flexibility index (Phi) is 7.38. The van der Waals surface area contributed by atoms with E-state index < -0.39 is 11.8 Å². The topological polar surface area (TPSA) is 120 Å². The van der Waals surface area contributed by atoms with Gasteiger partial charge in [-0.1, -0.05) is 28.1 Å². The smallest absolute Gasteiger partial charge is 0.271 e. The maximum Gasteiger partial charge on any atom is 0.271 e. The summed E-state index contributed by atoms with van der Waals surface area (Å²) >= 11 is 6.51. The summed E-state index contributed by atoms with van der Waals surface area (Å²) in [5.41, 5.74) is 5.51. The second kappa shape index (κ2) is 9.74. The molecule has 0 atom stereocenters. The molecule has 0 aromatic heterocycles. The molecule has 0 spiro atoms. The third-order valence-corrected chi connectivity index (χ3v) is 4.25. The van der Waals surface area contributed by atoms with Gasteiger partial charge in [0.25, 0.3) is 11.8 Å². The molecule has 2 aromatic carbocycles. The fourth-order valence-electron chi connectivity index (χ4n) is 1.91. The van der Waals surface area contributed by atoms with Gasteiger partial charge >= 0.3 is 0 Å². The molecule has 3 N–H and O–H groups in total. The summed E-state index contributed by atoms with van der Waals surface area (Å²) in [4.78, 5) is 33.1. The number of amides is 2. The number of rotatable bonds is 6. The zero-order valence-corrected chi connectivity index (χ0v) is 16.7. The number of phenolic OH excluding ortho intramolecular Hbond substituents is 1. The molecule has 0 aliphatic heterocycles. The highest BCUT2D eigenvalue weighted by Crippen LogP contribution is 2.30. The fraction of sp³-hybridized carbons (Fsp3) is 0. The van der Waals surface area contributed by atoms with Gasteiger partial charge in [0.15, 0.2) is 0 Å². The molecule has 0 aliphatic carbocycles. The van der Waals surface area contributed by atoms with Crippen LogP contribution in [0.1, 0.15) is 21.5 Å². The molecule has 0 fully saturated rings. The highest BCUT2D eigenvalue weighted by molar-refractivity contribution is 9.11. The minimum atomic E-state index is -0.649. The Labute approximate surface area is 170 Å². The molecule has 10 heteroatoms. The van der Waals surface area contributed by atoms with Crippen molar-refractivity contribution in [3.8, 4) is 5.75 Å². The number of benzene rings is 2. The first-order chi connectivity index (χ1) is 12.9. The van der Waals surface area contributed by atoms with Gasteiger partial charge in [-0.2, -0.15) is 5.10 Å². The van der Waals surface area contributed by atoms with Crippen LogP contribution in [-0.4, -0.2) is 23.1 Å². The molecule has 2 rings (SSSR count). The molecule has 0 bridgehead atoms. The maximum atomic E-state index is 12.1. The summed E-state index contributed by atoms with van der Waals surface area (Å²) < 4.78 is 1.23. The molecular weight excluding hydrogens is 484 g/mol. The average Bonchev–Trinajstić information content (AvgIpc) is 2.64. The van der Waals surface area contributed by atoms with E-state index in [1.165, 1.54) is 12.3 Å². The summed E-state index contributed by atoms with van der Waals surface area (Å²) in [6.07, 6.45) is 3.93. The van der Waals surface area contributed by atoms with Crippen LogP contribution in [0.3, 0.4) is 0 Å². The number of hydrogen-bond acceptors (Lipinski definition) is 6. The number of phenols is 1. The number of carbonyl (C=O) groups is 2. The van der Waals surface area contributed by atoms with Crippen LogP contribution >= 0.6 is 31.9 Å². The lowest BCUT2D eigenvalue weighted by Gasteiger charge is -2.03. The summed E-state index contributed by atoms with van der Waals surface area (Å²) in [6.45, 7) is 0. The van der Waals surface area contributed by atoms with Crippen molar-refractivity contribution in [1.82, 2.24) is 10.9 Å². The number of aromatic hydroxyl groups is 1. The van der Waals surface area contributed by atoms with Crippen LogP contribution in [0.5, 0.6) is 5.75 Å². The van der Waals surface area contributed by atoms with Crippen LogP contribution in [0.25, 0.3) is 6.08 Å². The normalized spacial score (nSPS) is 10.9. The molecule has 0 aliphatic rings. The highest BCUT2D eigenvalue weighted by atomic mass is 79.9. The van der Waals surface area contributed by atoms with E-state index in [1.54, 1.807) is 41.8 Å². The van der Waals surface area contributed by atoms with E-state index in [0.717, 1.165) is 10.5 Å². The van der Waals surface area contributed by atoms with E-state index >= 15 is 0 Å². The first-order valence-corrected chi connectivity index (χ1v) is 8.91. The van der Waals surface area contributed by atoms with Crippen molar-refractivity contribution in [3.05, 3.63) is 73.0 Å². The SMILES string of the molecule is O=NNC(=O)/C=C/c1ccc(C(=O)N/N=C/c2cc(Br)cc(Br)c2O)cc1. The Balaban J connectivity index is 2.00. The molecule has 0 saturated heterocycles. The number of nitrogens with one attached hydrogen (secondary N) is 2. The predicted molar refractivity (Wildman–Crippen MR) is 108 cm³/mol. The van der Waals surface area contributed by atoms with Crippen LogP contribution in [0, 0.1) is 4.91 Å². The highest BCUT2D eigenvalue weighted by Gasteiger charge is 2.07. The molecule has 138 valence electrons. The first kappa shape index (κ1) is 20.5. The van der Waals surface area contributed by atoms with Crippen LogP contribution in [0.2, 0.25) is 0 Å². The summed E-state index contributed by atoms with van der Waals surface area (Å²) in [5, 5.41) is 16.0. The number of hydrazone groups is 1. The molecule has 8 nitrogen and oxygen atoms in total. The molecule has 0 radical (unpaired) electrons. The quantitative estimate of drug-likeness (QED) is 0.246. The molecule has 0 heterocycles. The second-order valence-electron chi connectivity index (χ2n) is 5.05. The predicted octanol–water partition coefficient (Wildman–Crippen LogP) is 3.49. The van der Waals surface area contributed by atoms with Gasteiger partial charge < -0.3 is 5.11 Å². The Morgan fingerprint density at radius 1 is 1.07 bits per heavy atom. The van der Waals surface area contributed by atoms with Gasteiger partial charge in [0.1, 0.15) is 5.75 Å². The van der Waals surface area contributed by atoms with E-state index in [2.05, 4.69) is 47.7 Å². The van der Waals surface area contributed by atoms with Crippen LogP contribution < -0.4 is 10.9 Å². The van der Waals surface area contributed by atoms with Crippen LogP contribution in [0.15, 0.2) is 61.8 Å². The van der Waals surface area contributed by atoms with Gasteiger partial charge in [0.05, 0.1) is 16.0 Å². The molecule has 2 aromatic rings. The van der Waals surface area contributed by atoms with Crippen molar-refractivity contribution >= 4 is 56.0 Å². The Morgan fingerprint density at radius 2 is 1.78 bits per heavy atom. The average molecular weight is 496 g/mol. The summed E-state index contributed by atoms with van der Waals surface area (Å²) in [7, 11) is 0. The zero-order chi connectivity index (χ0) is 19.8. The van der Waals surface area contributed by atoms with Gasteiger partial charge in [0, 0.05) is 21.7 Å². The Hall–Kier alpha value is -2.85. The summed E-state index contributed by atoms with van der Waals surface area (Å²) in [6, 6.07) is 9.66. The molecule has 0 saturated carbocycles. The maximum absolute atomic E-state index is 12.1. The van der Waals surface area contributed by atoms with Gasteiger partial charge in [-0.3, -0.25) is 9.59 Å². The second-order valence-corrected chi connectivity index (χ2v) is 6.82.